The number of halogens is 1. The van der Waals surface area contributed by atoms with Gasteiger partial charge < -0.3 is 11.1 Å². The van der Waals surface area contributed by atoms with Crippen LogP contribution in [0, 0.1) is 0 Å². The molecule has 5 N–H and O–H groups in total. The molecule has 8 heteroatoms. The van der Waals surface area contributed by atoms with Crippen LogP contribution in [0.1, 0.15) is 26.2 Å². The summed E-state index contributed by atoms with van der Waals surface area (Å²) in [7, 11) is -3.84. The third-order valence-electron chi connectivity index (χ3n) is 2.65. The predicted molar refractivity (Wildman–Crippen MR) is 79.0 cm³/mol. The van der Waals surface area contributed by atoms with E-state index < -0.39 is 10.0 Å². The van der Waals surface area contributed by atoms with Gasteiger partial charge in [0.2, 0.25) is 15.9 Å². The van der Waals surface area contributed by atoms with Gasteiger partial charge in [-0.25, -0.2) is 13.6 Å². The van der Waals surface area contributed by atoms with Gasteiger partial charge >= 0.3 is 0 Å². The minimum Gasteiger partial charge on any atom is -0.327 e. The Bertz CT molecular complexity index is 590. The van der Waals surface area contributed by atoms with E-state index in [4.69, 9.17) is 22.5 Å². The van der Waals surface area contributed by atoms with E-state index in [-0.39, 0.29) is 34.0 Å². The number of nitrogens with two attached hydrogens (primary N) is 2. The molecule has 0 aliphatic carbocycles. The zero-order chi connectivity index (χ0) is 15.3. The summed E-state index contributed by atoms with van der Waals surface area (Å²) in [6, 6.07) is 3.63. The number of nitrogens with one attached hydrogen (secondary N) is 1. The van der Waals surface area contributed by atoms with E-state index in [1.807, 2.05) is 6.92 Å². The van der Waals surface area contributed by atoms with Gasteiger partial charge in [0.15, 0.2) is 0 Å². The Kier molecular flexibility index (Phi) is 5.94. The monoisotopic (exact) mass is 319 g/mol. The van der Waals surface area contributed by atoms with Gasteiger partial charge in [0.1, 0.15) is 0 Å². The van der Waals surface area contributed by atoms with Gasteiger partial charge in [-0.1, -0.05) is 24.9 Å². The molecule has 0 aliphatic heterocycles. The molecule has 1 unspecified atom stereocenters. The molecule has 20 heavy (non-hydrogen) atoms. The van der Waals surface area contributed by atoms with Crippen LogP contribution in [0.3, 0.4) is 0 Å². The number of hydrogen-bond acceptors (Lipinski definition) is 4. The maximum Gasteiger partial charge on any atom is 0.238 e. The van der Waals surface area contributed by atoms with Crippen molar-refractivity contribution in [1.29, 1.82) is 0 Å². The molecule has 1 amide bonds. The topological polar surface area (TPSA) is 115 Å². The van der Waals surface area contributed by atoms with Crippen LogP contribution in [0.25, 0.3) is 0 Å². The van der Waals surface area contributed by atoms with Gasteiger partial charge in [0, 0.05) is 12.5 Å². The summed E-state index contributed by atoms with van der Waals surface area (Å²) in [6.07, 6.45) is 1.76. The molecule has 0 bridgehead atoms. The molecule has 1 aromatic carbocycles. The molecular formula is C12H18ClN3O3S. The van der Waals surface area contributed by atoms with Crippen molar-refractivity contribution in [2.45, 2.75) is 37.1 Å². The van der Waals surface area contributed by atoms with Crippen molar-refractivity contribution in [1.82, 2.24) is 0 Å². The number of sulfonamides is 1. The average Bonchev–Trinajstić information content (AvgIpc) is 2.30. The Hall–Kier alpha value is -1.15. The van der Waals surface area contributed by atoms with E-state index in [1.165, 1.54) is 18.2 Å². The normalized spacial score (nSPS) is 13.0. The van der Waals surface area contributed by atoms with E-state index in [0.717, 1.165) is 12.8 Å². The van der Waals surface area contributed by atoms with Gasteiger partial charge in [-0.05, 0) is 24.6 Å². The first-order valence-electron chi connectivity index (χ1n) is 6.11. The van der Waals surface area contributed by atoms with Crippen LogP contribution in [0.2, 0.25) is 5.02 Å². The standard InChI is InChI=1S/C12H18ClN3O3S/c1-2-3-8(14)6-12(17)16-11-7-9(20(15,18)19)4-5-10(11)13/h4-5,7-8H,2-3,6,14H2,1H3,(H,16,17)(H2,15,18,19). The predicted octanol–water partition coefficient (Wildman–Crippen LogP) is 1.44. The number of carbonyl (C=O) groups excluding carboxylic acids is 1. The minimum absolute atomic E-state index is 0.116. The van der Waals surface area contributed by atoms with Gasteiger partial charge in [0.05, 0.1) is 15.6 Å². The summed E-state index contributed by atoms with van der Waals surface area (Å²) in [5.74, 6) is -0.320. The lowest BCUT2D eigenvalue weighted by atomic mass is 10.1. The number of primary sulfonamides is 1. The maximum absolute atomic E-state index is 11.8. The summed E-state index contributed by atoms with van der Waals surface area (Å²) in [5, 5.41) is 7.80. The molecule has 1 atom stereocenters. The van der Waals surface area contributed by atoms with Crippen molar-refractivity contribution in [3.8, 4) is 0 Å². The first kappa shape index (κ1) is 16.9. The molecule has 0 fully saturated rings. The molecule has 6 nitrogen and oxygen atoms in total. The van der Waals surface area contributed by atoms with E-state index in [9.17, 15) is 13.2 Å². The lowest BCUT2D eigenvalue weighted by molar-refractivity contribution is -0.116. The fraction of sp³-hybridized carbons (Fsp3) is 0.417. The zero-order valence-corrected chi connectivity index (χ0v) is 12.7. The Morgan fingerprint density at radius 2 is 2.10 bits per heavy atom. The average molecular weight is 320 g/mol. The van der Waals surface area contributed by atoms with E-state index in [2.05, 4.69) is 5.32 Å². The van der Waals surface area contributed by atoms with Crippen LogP contribution in [0.5, 0.6) is 0 Å². The molecule has 1 rings (SSSR count). The Labute approximate surface area is 123 Å². The Morgan fingerprint density at radius 1 is 1.45 bits per heavy atom. The summed E-state index contributed by atoms with van der Waals surface area (Å²) in [4.78, 5) is 11.7. The maximum atomic E-state index is 11.8. The fourth-order valence-electron chi connectivity index (χ4n) is 1.69. The summed E-state index contributed by atoms with van der Waals surface area (Å²) >= 11 is 5.91. The molecule has 1 aromatic rings. The molecule has 0 aromatic heterocycles. The second-order valence-corrected chi connectivity index (χ2v) is 6.46. The fourth-order valence-corrected chi connectivity index (χ4v) is 2.39. The molecule has 0 spiro atoms. The molecule has 0 heterocycles. The highest BCUT2D eigenvalue weighted by Crippen LogP contribution is 2.25. The van der Waals surface area contributed by atoms with Crippen LogP contribution in [-0.4, -0.2) is 20.4 Å². The molecule has 0 saturated carbocycles. The van der Waals surface area contributed by atoms with Crippen molar-refractivity contribution < 1.29 is 13.2 Å². The third kappa shape index (κ3) is 5.09. The van der Waals surface area contributed by atoms with Crippen LogP contribution < -0.4 is 16.2 Å². The highest BCUT2D eigenvalue weighted by Gasteiger charge is 2.14. The number of hydrogen-bond donors (Lipinski definition) is 3. The lowest BCUT2D eigenvalue weighted by Crippen LogP contribution is -2.27. The highest BCUT2D eigenvalue weighted by atomic mass is 35.5. The van der Waals surface area contributed by atoms with Crippen LogP contribution >= 0.6 is 11.6 Å². The van der Waals surface area contributed by atoms with E-state index in [0.29, 0.717) is 0 Å². The quantitative estimate of drug-likeness (QED) is 0.735. The van der Waals surface area contributed by atoms with Crippen LogP contribution in [-0.2, 0) is 14.8 Å². The van der Waals surface area contributed by atoms with Crippen LogP contribution in [0.4, 0.5) is 5.69 Å². The molecule has 112 valence electrons. The summed E-state index contributed by atoms with van der Waals surface area (Å²) in [5.41, 5.74) is 5.97. The van der Waals surface area contributed by atoms with Gasteiger partial charge in [-0.15, -0.1) is 0 Å². The van der Waals surface area contributed by atoms with Gasteiger partial charge in [0.25, 0.3) is 0 Å². The van der Waals surface area contributed by atoms with Crippen molar-refractivity contribution in [2.75, 3.05) is 5.32 Å². The minimum atomic E-state index is -3.84. The second-order valence-electron chi connectivity index (χ2n) is 4.49. The molecule has 0 saturated heterocycles. The number of anilines is 1. The van der Waals surface area contributed by atoms with Crippen molar-refractivity contribution >= 4 is 33.2 Å². The third-order valence-corrected chi connectivity index (χ3v) is 3.89. The molecule has 0 radical (unpaired) electrons. The smallest absolute Gasteiger partial charge is 0.238 e. The number of amides is 1. The first-order valence-corrected chi connectivity index (χ1v) is 8.04. The van der Waals surface area contributed by atoms with Crippen molar-refractivity contribution in [3.63, 3.8) is 0 Å². The number of benzene rings is 1. The SMILES string of the molecule is CCCC(N)CC(=O)Nc1cc(S(N)(=O)=O)ccc1Cl. The largest absolute Gasteiger partial charge is 0.327 e. The van der Waals surface area contributed by atoms with E-state index >= 15 is 0 Å². The van der Waals surface area contributed by atoms with Crippen molar-refractivity contribution in [2.24, 2.45) is 10.9 Å². The first-order chi connectivity index (χ1) is 9.24. The summed E-state index contributed by atoms with van der Waals surface area (Å²) in [6.45, 7) is 1.98. The second kappa shape index (κ2) is 7.03. The number of rotatable bonds is 6. The van der Waals surface area contributed by atoms with Gasteiger partial charge in [-0.3, -0.25) is 4.79 Å². The Balaban J connectivity index is 2.84. The highest BCUT2D eigenvalue weighted by molar-refractivity contribution is 7.89. The Morgan fingerprint density at radius 3 is 2.65 bits per heavy atom. The van der Waals surface area contributed by atoms with Crippen LogP contribution in [0.15, 0.2) is 23.1 Å². The zero-order valence-electron chi connectivity index (χ0n) is 11.1. The summed E-state index contributed by atoms with van der Waals surface area (Å²) < 4.78 is 22.5. The van der Waals surface area contributed by atoms with E-state index in [1.54, 1.807) is 0 Å². The molecular weight excluding hydrogens is 302 g/mol. The molecule has 0 aliphatic rings. The lowest BCUT2D eigenvalue weighted by Gasteiger charge is -2.12. The number of carbonyl (C=O) groups is 1. The van der Waals surface area contributed by atoms with Crippen molar-refractivity contribution in [3.05, 3.63) is 23.2 Å². The van der Waals surface area contributed by atoms with Gasteiger partial charge in [-0.2, -0.15) is 0 Å².